The summed E-state index contributed by atoms with van der Waals surface area (Å²) in [6.45, 7) is 2.37. The highest BCUT2D eigenvalue weighted by Gasteiger charge is 2.51. The van der Waals surface area contributed by atoms with E-state index in [0.717, 1.165) is 28.5 Å². The second kappa shape index (κ2) is 9.06. The highest BCUT2D eigenvalue weighted by atomic mass is 16.2. The lowest BCUT2D eigenvalue weighted by Crippen LogP contribution is -2.32. The monoisotopic (exact) mass is 451 g/mol. The Morgan fingerprint density at radius 1 is 1.03 bits per heavy atom. The number of nitrogens with one attached hydrogen (secondary N) is 1. The Bertz CT molecular complexity index is 1360. The van der Waals surface area contributed by atoms with Gasteiger partial charge in [-0.05, 0) is 49.1 Å². The summed E-state index contributed by atoms with van der Waals surface area (Å²) >= 11 is 0. The van der Waals surface area contributed by atoms with Crippen LogP contribution in [0.5, 0.6) is 0 Å². The van der Waals surface area contributed by atoms with E-state index in [1.807, 2.05) is 55.6 Å². The van der Waals surface area contributed by atoms with Crippen molar-refractivity contribution in [3.05, 3.63) is 102 Å². The number of H-pyrrole nitrogens is 1. The Hall–Kier alpha value is -4.06. The zero-order valence-corrected chi connectivity index (χ0v) is 18.9. The van der Waals surface area contributed by atoms with Crippen molar-refractivity contribution in [1.82, 2.24) is 14.9 Å². The van der Waals surface area contributed by atoms with Gasteiger partial charge < -0.3 is 9.88 Å². The normalized spacial score (nSPS) is 18.1. The van der Waals surface area contributed by atoms with Crippen molar-refractivity contribution >= 4 is 28.4 Å². The van der Waals surface area contributed by atoms with Gasteiger partial charge in [0.25, 0.3) is 5.91 Å². The first-order valence-corrected chi connectivity index (χ1v) is 11.4. The predicted molar refractivity (Wildman–Crippen MR) is 129 cm³/mol. The van der Waals surface area contributed by atoms with Crippen LogP contribution in [0, 0.1) is 12.8 Å². The molecule has 2 aromatic carbocycles. The molecule has 0 saturated carbocycles. The number of pyridine rings is 1. The Morgan fingerprint density at radius 3 is 2.59 bits per heavy atom. The molecule has 1 N–H and O–H groups in total. The van der Waals surface area contributed by atoms with E-state index in [0.29, 0.717) is 18.5 Å². The minimum absolute atomic E-state index is 0.339. The van der Waals surface area contributed by atoms with Crippen LogP contribution in [0.2, 0.25) is 0 Å². The van der Waals surface area contributed by atoms with Crippen LogP contribution in [0.1, 0.15) is 39.5 Å². The maximum Gasteiger partial charge on any atom is 0.291 e. The van der Waals surface area contributed by atoms with Crippen LogP contribution < -0.4 is 0 Å². The summed E-state index contributed by atoms with van der Waals surface area (Å²) in [5.41, 5.74) is 4.44. The number of ketones is 2. The second-order valence-corrected chi connectivity index (χ2v) is 8.76. The van der Waals surface area contributed by atoms with Gasteiger partial charge in [0.05, 0.1) is 6.04 Å². The van der Waals surface area contributed by atoms with E-state index in [9.17, 15) is 14.4 Å². The first-order valence-electron chi connectivity index (χ1n) is 11.4. The minimum Gasteiger partial charge on any atom is -0.361 e. The Kier molecular flexibility index (Phi) is 5.80. The van der Waals surface area contributed by atoms with Crippen molar-refractivity contribution in [3.8, 4) is 0 Å². The molecule has 0 spiro atoms. The van der Waals surface area contributed by atoms with E-state index in [4.69, 9.17) is 0 Å². The number of fused-ring (bicyclic) bond motifs is 1. The average Bonchev–Trinajstić information content (AvgIpc) is 3.39. The molecule has 3 heterocycles. The summed E-state index contributed by atoms with van der Waals surface area (Å²) in [4.78, 5) is 48.5. The quantitative estimate of drug-likeness (QED) is 0.256. The van der Waals surface area contributed by atoms with Crippen molar-refractivity contribution in [1.29, 1.82) is 0 Å². The van der Waals surface area contributed by atoms with Crippen LogP contribution in [0.4, 0.5) is 0 Å². The molecule has 170 valence electrons. The molecule has 1 fully saturated rings. The van der Waals surface area contributed by atoms with E-state index in [2.05, 4.69) is 16.0 Å². The number of aromatic nitrogens is 2. The summed E-state index contributed by atoms with van der Waals surface area (Å²) in [5, 5.41) is 1.16. The standard InChI is InChI=1S/C28H25N3O3/c1-18-10-12-19(13-11-18)25-24(26(32)21-6-4-14-29-16-21)27(33)28(34)31(25)15-5-7-20-17-30-23-9-3-2-8-22(20)23/h2-4,6,8-14,16-17,24-25,30H,5,7,15H2,1H3. The number of Topliss-reactive ketones (excluding diaryl/α,β-unsaturated/α-hetero) is 2. The molecule has 0 aliphatic carbocycles. The fourth-order valence-electron chi connectivity index (χ4n) is 4.83. The number of likely N-dealkylation sites (tertiary alicyclic amines) is 1. The van der Waals surface area contributed by atoms with Crippen molar-refractivity contribution in [2.24, 2.45) is 5.92 Å². The Morgan fingerprint density at radius 2 is 1.82 bits per heavy atom. The molecule has 0 radical (unpaired) electrons. The number of amides is 1. The van der Waals surface area contributed by atoms with Gasteiger partial charge in [-0.15, -0.1) is 0 Å². The number of hydrogen-bond acceptors (Lipinski definition) is 4. The van der Waals surface area contributed by atoms with Crippen molar-refractivity contribution in [2.75, 3.05) is 6.54 Å². The average molecular weight is 452 g/mol. The lowest BCUT2D eigenvalue weighted by atomic mass is 9.86. The third-order valence-electron chi connectivity index (χ3n) is 6.57. The van der Waals surface area contributed by atoms with Gasteiger partial charge in [0.15, 0.2) is 5.78 Å². The number of aryl methyl sites for hydroxylation is 2. The molecule has 6 heteroatoms. The minimum atomic E-state index is -1.08. The number of aromatic amines is 1. The molecule has 1 amide bonds. The molecule has 4 aromatic rings. The molecule has 5 rings (SSSR count). The summed E-state index contributed by atoms with van der Waals surface area (Å²) in [7, 11) is 0. The summed E-state index contributed by atoms with van der Waals surface area (Å²) < 4.78 is 0. The fraction of sp³-hybridized carbons (Fsp3) is 0.214. The van der Waals surface area contributed by atoms with Gasteiger partial charge in [0.1, 0.15) is 5.92 Å². The molecular formula is C28H25N3O3. The lowest BCUT2D eigenvalue weighted by molar-refractivity contribution is -0.140. The van der Waals surface area contributed by atoms with Crippen LogP contribution in [0.25, 0.3) is 10.9 Å². The van der Waals surface area contributed by atoms with Gasteiger partial charge in [-0.1, -0.05) is 48.0 Å². The van der Waals surface area contributed by atoms with Crippen molar-refractivity contribution in [3.63, 3.8) is 0 Å². The number of carbonyl (C=O) groups is 3. The van der Waals surface area contributed by atoms with Crippen LogP contribution in [-0.2, 0) is 16.0 Å². The number of rotatable bonds is 7. The first kappa shape index (κ1) is 21.8. The number of carbonyl (C=O) groups excluding carboxylic acids is 3. The van der Waals surface area contributed by atoms with E-state index in [1.54, 1.807) is 23.2 Å². The number of para-hydroxylation sites is 1. The fourth-order valence-corrected chi connectivity index (χ4v) is 4.83. The van der Waals surface area contributed by atoms with Crippen LogP contribution in [-0.4, -0.2) is 38.9 Å². The van der Waals surface area contributed by atoms with Crippen LogP contribution in [0.15, 0.2) is 79.3 Å². The number of benzene rings is 2. The highest BCUT2D eigenvalue weighted by molar-refractivity contribution is 6.44. The zero-order chi connectivity index (χ0) is 23.7. The summed E-state index contributed by atoms with van der Waals surface area (Å²) in [5.74, 6) is -2.68. The third kappa shape index (κ3) is 3.92. The topological polar surface area (TPSA) is 83.1 Å². The Labute approximate surface area is 197 Å². The largest absolute Gasteiger partial charge is 0.361 e. The maximum absolute atomic E-state index is 13.4. The van der Waals surface area contributed by atoms with Gasteiger partial charge in [0, 0.05) is 41.6 Å². The van der Waals surface area contributed by atoms with Gasteiger partial charge in [-0.3, -0.25) is 19.4 Å². The summed E-state index contributed by atoms with van der Waals surface area (Å²) in [6, 6.07) is 18.5. The molecule has 1 aliphatic heterocycles. The molecule has 1 saturated heterocycles. The summed E-state index contributed by atoms with van der Waals surface area (Å²) in [6.07, 6.45) is 6.45. The molecule has 6 nitrogen and oxygen atoms in total. The van der Waals surface area contributed by atoms with Gasteiger partial charge >= 0.3 is 0 Å². The SMILES string of the molecule is Cc1ccc(C2C(C(=O)c3cccnc3)C(=O)C(=O)N2CCCc2c[nH]c3ccccc23)cc1. The van der Waals surface area contributed by atoms with Gasteiger partial charge in [-0.25, -0.2) is 0 Å². The van der Waals surface area contributed by atoms with Crippen molar-refractivity contribution < 1.29 is 14.4 Å². The zero-order valence-electron chi connectivity index (χ0n) is 18.9. The molecule has 1 aliphatic rings. The van der Waals surface area contributed by atoms with Crippen LogP contribution in [0.3, 0.4) is 0 Å². The van der Waals surface area contributed by atoms with Crippen molar-refractivity contribution in [2.45, 2.75) is 25.8 Å². The second-order valence-electron chi connectivity index (χ2n) is 8.76. The number of nitrogens with zero attached hydrogens (tertiary/aromatic N) is 2. The molecule has 0 bridgehead atoms. The molecule has 34 heavy (non-hydrogen) atoms. The van der Waals surface area contributed by atoms with E-state index >= 15 is 0 Å². The van der Waals surface area contributed by atoms with E-state index in [1.165, 1.54) is 11.8 Å². The molecule has 2 unspecified atom stereocenters. The van der Waals surface area contributed by atoms with Crippen LogP contribution >= 0.6 is 0 Å². The maximum atomic E-state index is 13.4. The molecule has 2 aromatic heterocycles. The highest BCUT2D eigenvalue weighted by Crippen LogP contribution is 2.38. The third-order valence-corrected chi connectivity index (χ3v) is 6.57. The van der Waals surface area contributed by atoms with E-state index in [-0.39, 0.29) is 5.78 Å². The lowest BCUT2D eigenvalue weighted by Gasteiger charge is -2.27. The first-order chi connectivity index (χ1) is 16.5. The van der Waals surface area contributed by atoms with Gasteiger partial charge in [0.2, 0.25) is 5.78 Å². The Balaban J connectivity index is 1.43. The predicted octanol–water partition coefficient (Wildman–Crippen LogP) is 4.46. The smallest absolute Gasteiger partial charge is 0.291 e. The number of hydrogen-bond donors (Lipinski definition) is 1. The molecular weight excluding hydrogens is 426 g/mol. The molecule has 2 atom stereocenters. The van der Waals surface area contributed by atoms with Gasteiger partial charge in [-0.2, -0.15) is 0 Å². The van der Waals surface area contributed by atoms with E-state index < -0.39 is 23.7 Å².